The first-order valence-corrected chi connectivity index (χ1v) is 10.6. The van der Waals surface area contributed by atoms with E-state index in [0.29, 0.717) is 31.5 Å². The Morgan fingerprint density at radius 1 is 1.24 bits per heavy atom. The molecule has 1 saturated heterocycles. The van der Waals surface area contributed by atoms with Crippen LogP contribution in [-0.2, 0) is 11.2 Å². The van der Waals surface area contributed by atoms with Crippen molar-refractivity contribution in [3.63, 3.8) is 0 Å². The van der Waals surface area contributed by atoms with Gasteiger partial charge in [-0.15, -0.1) is 0 Å². The van der Waals surface area contributed by atoms with Crippen molar-refractivity contribution in [2.75, 3.05) is 19.6 Å². The third kappa shape index (κ3) is 5.18. The Morgan fingerprint density at radius 2 is 1.93 bits per heavy atom. The molecule has 29 heavy (non-hydrogen) atoms. The molecule has 2 aromatic rings. The van der Waals surface area contributed by atoms with Crippen molar-refractivity contribution in [2.45, 2.75) is 52.0 Å². The average Bonchev–Trinajstić information content (AvgIpc) is 3.08. The molecule has 0 unspecified atom stereocenters. The SMILES string of the molecule is CCCN(C(=O)CCc1c(C)noc1Cl)C1CCN(C(=O)c2ccccc2)CC1. The molecule has 1 aromatic carbocycles. The first-order valence-electron chi connectivity index (χ1n) is 10.3. The molecule has 0 aliphatic carbocycles. The number of halogens is 1. The van der Waals surface area contributed by atoms with E-state index in [0.717, 1.165) is 37.1 Å². The topological polar surface area (TPSA) is 66.7 Å². The molecule has 0 atom stereocenters. The van der Waals surface area contributed by atoms with Crippen molar-refractivity contribution >= 4 is 23.4 Å². The van der Waals surface area contributed by atoms with Gasteiger partial charge < -0.3 is 14.3 Å². The molecule has 6 nitrogen and oxygen atoms in total. The fourth-order valence-electron chi connectivity index (χ4n) is 3.91. The van der Waals surface area contributed by atoms with E-state index in [4.69, 9.17) is 16.1 Å². The second kappa shape index (κ2) is 9.92. The normalized spacial score (nSPS) is 14.8. The summed E-state index contributed by atoms with van der Waals surface area (Å²) in [6.07, 6.45) is 3.42. The maximum atomic E-state index is 12.9. The Balaban J connectivity index is 1.57. The number of carbonyl (C=O) groups excluding carboxylic acids is 2. The number of hydrogen-bond acceptors (Lipinski definition) is 4. The van der Waals surface area contributed by atoms with E-state index in [-0.39, 0.29) is 23.1 Å². The van der Waals surface area contributed by atoms with Crippen LogP contribution in [0.2, 0.25) is 5.22 Å². The minimum Gasteiger partial charge on any atom is -0.344 e. The first-order chi connectivity index (χ1) is 14.0. The highest BCUT2D eigenvalue weighted by molar-refractivity contribution is 6.29. The summed E-state index contributed by atoms with van der Waals surface area (Å²) in [4.78, 5) is 29.5. The lowest BCUT2D eigenvalue weighted by molar-refractivity contribution is -0.134. The Bertz CT molecular complexity index is 810. The summed E-state index contributed by atoms with van der Waals surface area (Å²) in [5.41, 5.74) is 2.26. The van der Waals surface area contributed by atoms with Gasteiger partial charge in [-0.2, -0.15) is 0 Å². The molecular weight excluding hydrogens is 390 g/mol. The standard InChI is InChI=1S/C22H28ClN3O3/c1-3-13-26(20(27)10-9-19-16(2)24-29-21(19)23)18-11-14-25(15-12-18)22(28)17-7-5-4-6-8-17/h4-8,18H,3,9-15H2,1-2H3. The van der Waals surface area contributed by atoms with Gasteiger partial charge in [0, 0.05) is 43.2 Å². The van der Waals surface area contributed by atoms with Crippen molar-refractivity contribution in [2.24, 2.45) is 0 Å². The molecular formula is C22H28ClN3O3. The maximum Gasteiger partial charge on any atom is 0.253 e. The predicted molar refractivity (Wildman–Crippen MR) is 112 cm³/mol. The molecule has 156 valence electrons. The van der Waals surface area contributed by atoms with Crippen molar-refractivity contribution in [1.29, 1.82) is 0 Å². The number of nitrogens with zero attached hydrogens (tertiary/aromatic N) is 3. The van der Waals surface area contributed by atoms with Crippen molar-refractivity contribution in [3.8, 4) is 0 Å². The Kier molecular flexibility index (Phi) is 7.31. The molecule has 1 aliphatic rings. The lowest BCUT2D eigenvalue weighted by Gasteiger charge is -2.38. The number of hydrogen-bond donors (Lipinski definition) is 0. The second-order valence-electron chi connectivity index (χ2n) is 7.50. The zero-order valence-corrected chi connectivity index (χ0v) is 17.8. The van der Waals surface area contributed by atoms with Crippen LogP contribution in [0.15, 0.2) is 34.9 Å². The third-order valence-electron chi connectivity index (χ3n) is 5.52. The quantitative estimate of drug-likeness (QED) is 0.679. The van der Waals surface area contributed by atoms with E-state index in [1.807, 2.05) is 47.1 Å². The number of carbonyl (C=O) groups is 2. The second-order valence-corrected chi connectivity index (χ2v) is 7.84. The number of likely N-dealkylation sites (tertiary alicyclic amines) is 1. The number of benzene rings is 1. The van der Waals surface area contributed by atoms with Gasteiger partial charge in [0.2, 0.25) is 11.1 Å². The molecule has 2 heterocycles. The van der Waals surface area contributed by atoms with Gasteiger partial charge in [-0.25, -0.2) is 0 Å². The fourth-order valence-corrected chi connectivity index (χ4v) is 4.18. The van der Waals surface area contributed by atoms with E-state index in [9.17, 15) is 9.59 Å². The van der Waals surface area contributed by atoms with E-state index >= 15 is 0 Å². The third-order valence-corrected chi connectivity index (χ3v) is 5.82. The van der Waals surface area contributed by atoms with Crippen molar-refractivity contribution in [1.82, 2.24) is 15.0 Å². The van der Waals surface area contributed by atoms with Crippen molar-refractivity contribution in [3.05, 3.63) is 52.4 Å². The zero-order valence-electron chi connectivity index (χ0n) is 17.1. The predicted octanol–water partition coefficient (Wildman–Crippen LogP) is 4.11. The van der Waals surface area contributed by atoms with Gasteiger partial charge in [0.15, 0.2) is 0 Å². The summed E-state index contributed by atoms with van der Waals surface area (Å²) >= 11 is 6.02. The molecule has 0 bridgehead atoms. The smallest absolute Gasteiger partial charge is 0.253 e. The fraction of sp³-hybridized carbons (Fsp3) is 0.500. The maximum absolute atomic E-state index is 12.9. The number of piperidine rings is 1. The molecule has 0 radical (unpaired) electrons. The molecule has 1 aliphatic heterocycles. The molecule has 7 heteroatoms. The van der Waals surface area contributed by atoms with Gasteiger partial charge in [-0.3, -0.25) is 9.59 Å². The van der Waals surface area contributed by atoms with Gasteiger partial charge in [0.1, 0.15) is 0 Å². The zero-order chi connectivity index (χ0) is 20.8. The number of aromatic nitrogens is 1. The van der Waals surface area contributed by atoms with Crippen molar-refractivity contribution < 1.29 is 14.1 Å². The van der Waals surface area contributed by atoms with Gasteiger partial charge in [-0.05, 0) is 56.3 Å². The van der Waals surface area contributed by atoms with E-state index in [2.05, 4.69) is 12.1 Å². The lowest BCUT2D eigenvalue weighted by atomic mass is 10.0. The molecule has 3 rings (SSSR count). The van der Waals surface area contributed by atoms with Crippen LogP contribution in [0.25, 0.3) is 0 Å². The lowest BCUT2D eigenvalue weighted by Crippen LogP contribution is -2.49. The summed E-state index contributed by atoms with van der Waals surface area (Å²) in [7, 11) is 0. The van der Waals surface area contributed by atoms with E-state index < -0.39 is 0 Å². The van der Waals surface area contributed by atoms with Crippen LogP contribution in [0.5, 0.6) is 0 Å². The highest BCUT2D eigenvalue weighted by Gasteiger charge is 2.29. The van der Waals surface area contributed by atoms with Gasteiger partial charge >= 0.3 is 0 Å². The average molecular weight is 418 g/mol. The summed E-state index contributed by atoms with van der Waals surface area (Å²) < 4.78 is 4.98. The number of aryl methyl sites for hydroxylation is 1. The van der Waals surface area contributed by atoms with E-state index in [1.54, 1.807) is 0 Å². The molecule has 1 aromatic heterocycles. The minimum atomic E-state index is 0.0648. The van der Waals surface area contributed by atoms with Crippen LogP contribution in [0.4, 0.5) is 0 Å². The minimum absolute atomic E-state index is 0.0648. The van der Waals surface area contributed by atoms with Gasteiger partial charge in [0.05, 0.1) is 5.69 Å². The van der Waals surface area contributed by atoms with Crippen LogP contribution < -0.4 is 0 Å². The highest BCUT2D eigenvalue weighted by Crippen LogP contribution is 2.23. The Hall–Kier alpha value is -2.34. The van der Waals surface area contributed by atoms with E-state index in [1.165, 1.54) is 0 Å². The highest BCUT2D eigenvalue weighted by atomic mass is 35.5. The van der Waals surface area contributed by atoms with Gasteiger partial charge in [0.25, 0.3) is 5.91 Å². The summed E-state index contributed by atoms with van der Waals surface area (Å²) in [6, 6.07) is 9.53. The Morgan fingerprint density at radius 3 is 2.52 bits per heavy atom. The van der Waals surface area contributed by atoms with Crippen LogP contribution in [0.1, 0.15) is 54.2 Å². The summed E-state index contributed by atoms with van der Waals surface area (Å²) in [6.45, 7) is 5.98. The largest absolute Gasteiger partial charge is 0.344 e. The van der Waals surface area contributed by atoms with Gasteiger partial charge in [-0.1, -0.05) is 30.3 Å². The molecule has 0 N–H and O–H groups in total. The summed E-state index contributed by atoms with van der Waals surface area (Å²) in [5.74, 6) is 0.186. The number of rotatable bonds is 7. The Labute approximate surface area is 176 Å². The molecule has 0 saturated carbocycles. The van der Waals surface area contributed by atoms with Crippen LogP contribution in [0, 0.1) is 6.92 Å². The number of amides is 2. The monoisotopic (exact) mass is 417 g/mol. The van der Waals surface area contributed by atoms with Crippen LogP contribution >= 0.6 is 11.6 Å². The van der Waals surface area contributed by atoms with Crippen LogP contribution in [-0.4, -0.2) is 52.4 Å². The molecule has 0 spiro atoms. The molecule has 2 amide bonds. The summed E-state index contributed by atoms with van der Waals surface area (Å²) in [5, 5.41) is 4.11. The molecule has 1 fully saturated rings. The first kappa shape index (κ1) is 21.4. The van der Waals surface area contributed by atoms with Crippen LogP contribution in [0.3, 0.4) is 0 Å².